The van der Waals surface area contributed by atoms with Gasteiger partial charge in [-0.1, -0.05) is 29.3 Å². The topological polar surface area (TPSA) is 49.8 Å². The minimum atomic E-state index is -3.60. The number of anilines is 1. The number of hydrogen-bond acceptors (Lipinski definition) is 4. The maximum atomic E-state index is 13.3. The third kappa shape index (κ3) is 3.57. The summed E-state index contributed by atoms with van der Waals surface area (Å²) in [5.41, 5.74) is 1.15. The van der Waals surface area contributed by atoms with Gasteiger partial charge in [-0.15, -0.1) is 0 Å². The van der Waals surface area contributed by atoms with Crippen LogP contribution >= 0.6 is 30.6 Å². The monoisotopic (exact) mass is 373 g/mol. The molecule has 0 aliphatic carbocycles. The van der Waals surface area contributed by atoms with Crippen LogP contribution in [0.25, 0.3) is 0 Å². The first-order valence-electron chi connectivity index (χ1n) is 6.86. The van der Waals surface area contributed by atoms with Crippen LogP contribution < -0.4 is 10.2 Å². The molecule has 1 N–H and O–H groups in total. The van der Waals surface area contributed by atoms with Crippen molar-refractivity contribution >= 4 is 41.6 Å². The molecule has 124 valence electrons. The summed E-state index contributed by atoms with van der Waals surface area (Å²) in [5, 5.41) is 11.5. The lowest BCUT2D eigenvalue weighted by atomic mass is 10.2. The standard InChI is InChI=1S/C16H18Cl2NO3P/c1-19(2)11-7-9-12(10-8-11)23(21,22-3)16(20)15-13(17)5-4-6-14(15)18/h4-10,16,20H,1-3H3/t16-,23-/m0/s1. The van der Waals surface area contributed by atoms with Crippen molar-refractivity contribution in [2.45, 2.75) is 5.85 Å². The molecule has 0 heterocycles. The number of hydrogen-bond donors (Lipinski definition) is 1. The molecule has 0 radical (unpaired) electrons. The Labute approximate surface area is 146 Å². The van der Waals surface area contributed by atoms with Gasteiger partial charge in [0.05, 0.1) is 0 Å². The van der Waals surface area contributed by atoms with Gasteiger partial charge in [0.2, 0.25) is 0 Å². The third-order valence-electron chi connectivity index (χ3n) is 3.58. The van der Waals surface area contributed by atoms with Crippen LogP contribution in [0.3, 0.4) is 0 Å². The van der Waals surface area contributed by atoms with E-state index in [1.807, 2.05) is 31.1 Å². The van der Waals surface area contributed by atoms with Crippen LogP contribution in [0.15, 0.2) is 42.5 Å². The highest BCUT2D eigenvalue weighted by Gasteiger charge is 2.37. The van der Waals surface area contributed by atoms with Crippen LogP contribution in [0, 0.1) is 0 Å². The van der Waals surface area contributed by atoms with Crippen LogP contribution in [0.2, 0.25) is 10.0 Å². The molecule has 4 nitrogen and oxygen atoms in total. The molecule has 0 spiro atoms. The number of nitrogens with zero attached hydrogens (tertiary/aromatic N) is 1. The van der Waals surface area contributed by atoms with Crippen LogP contribution in [0.5, 0.6) is 0 Å². The number of benzene rings is 2. The Balaban J connectivity index is 2.49. The number of aliphatic hydroxyl groups is 1. The minimum Gasteiger partial charge on any atom is -0.378 e. The molecule has 0 fully saturated rings. The van der Waals surface area contributed by atoms with E-state index < -0.39 is 13.2 Å². The molecule has 7 heteroatoms. The molecule has 0 saturated heterocycles. The molecular formula is C16H18Cl2NO3P. The summed E-state index contributed by atoms with van der Waals surface area (Å²) in [4.78, 5) is 1.92. The summed E-state index contributed by atoms with van der Waals surface area (Å²) in [6.45, 7) is 0. The number of halogens is 2. The first-order valence-corrected chi connectivity index (χ1v) is 9.31. The van der Waals surface area contributed by atoms with Crippen molar-refractivity contribution in [2.24, 2.45) is 0 Å². The van der Waals surface area contributed by atoms with E-state index in [-0.39, 0.29) is 15.6 Å². The van der Waals surface area contributed by atoms with Crippen LogP contribution in [0.1, 0.15) is 11.4 Å². The lowest BCUT2D eigenvalue weighted by molar-refractivity contribution is 0.229. The van der Waals surface area contributed by atoms with Gasteiger partial charge in [-0.25, -0.2) is 0 Å². The van der Waals surface area contributed by atoms with Gasteiger partial charge in [-0.2, -0.15) is 0 Å². The van der Waals surface area contributed by atoms with Crippen LogP contribution in [-0.2, 0) is 9.09 Å². The molecule has 0 saturated carbocycles. The Morgan fingerprint density at radius 3 is 2.04 bits per heavy atom. The van der Waals surface area contributed by atoms with Gasteiger partial charge < -0.3 is 14.5 Å². The van der Waals surface area contributed by atoms with Gasteiger partial charge in [-0.3, -0.25) is 4.57 Å². The number of rotatable bonds is 5. The van der Waals surface area contributed by atoms with E-state index in [4.69, 9.17) is 27.7 Å². The zero-order valence-corrected chi connectivity index (χ0v) is 15.4. The molecule has 0 bridgehead atoms. The second-order valence-electron chi connectivity index (χ2n) is 5.20. The zero-order valence-electron chi connectivity index (χ0n) is 13.0. The second kappa shape index (κ2) is 7.25. The van der Waals surface area contributed by atoms with Crippen molar-refractivity contribution in [3.63, 3.8) is 0 Å². The van der Waals surface area contributed by atoms with Crippen molar-refractivity contribution < 1.29 is 14.2 Å². The maximum absolute atomic E-state index is 13.3. The highest BCUT2D eigenvalue weighted by molar-refractivity contribution is 7.67. The molecule has 0 aliphatic heterocycles. The molecular weight excluding hydrogens is 356 g/mol. The molecule has 2 aromatic carbocycles. The van der Waals surface area contributed by atoms with Crippen molar-refractivity contribution in [2.75, 3.05) is 26.1 Å². The van der Waals surface area contributed by atoms with Crippen molar-refractivity contribution in [1.29, 1.82) is 0 Å². The zero-order chi connectivity index (χ0) is 17.2. The molecule has 2 atom stereocenters. The molecule has 2 rings (SSSR count). The Morgan fingerprint density at radius 1 is 1.09 bits per heavy atom. The summed E-state index contributed by atoms with van der Waals surface area (Å²) in [7, 11) is 1.51. The lowest BCUT2D eigenvalue weighted by Crippen LogP contribution is -2.15. The highest BCUT2D eigenvalue weighted by Crippen LogP contribution is 2.59. The van der Waals surface area contributed by atoms with E-state index in [1.54, 1.807) is 30.3 Å². The normalized spacial score (nSPS) is 15.0. The SMILES string of the molecule is CO[P@@](=O)(c1ccc(N(C)C)cc1)[C@H](O)c1c(Cl)cccc1Cl. The Kier molecular flexibility index (Phi) is 5.77. The summed E-state index contributed by atoms with van der Waals surface area (Å²) in [5.74, 6) is -1.45. The number of aliphatic hydroxyl groups excluding tert-OH is 1. The molecule has 0 unspecified atom stereocenters. The van der Waals surface area contributed by atoms with Gasteiger partial charge in [0, 0.05) is 47.8 Å². The van der Waals surface area contributed by atoms with E-state index in [0.29, 0.717) is 5.30 Å². The van der Waals surface area contributed by atoms with Crippen molar-refractivity contribution in [1.82, 2.24) is 0 Å². The van der Waals surface area contributed by atoms with Crippen molar-refractivity contribution in [3.8, 4) is 0 Å². The quantitative estimate of drug-likeness (QED) is 0.793. The predicted octanol–water partition coefficient (Wildman–Crippen LogP) is 4.30. The molecule has 2 aromatic rings. The van der Waals surface area contributed by atoms with Gasteiger partial charge in [-0.05, 0) is 36.4 Å². The minimum absolute atomic E-state index is 0.206. The molecule has 23 heavy (non-hydrogen) atoms. The second-order valence-corrected chi connectivity index (χ2v) is 8.58. The van der Waals surface area contributed by atoms with E-state index in [2.05, 4.69) is 0 Å². The average Bonchev–Trinajstić information content (AvgIpc) is 2.53. The Morgan fingerprint density at radius 2 is 1.61 bits per heavy atom. The molecule has 0 aromatic heterocycles. The van der Waals surface area contributed by atoms with Gasteiger partial charge in [0.25, 0.3) is 7.37 Å². The van der Waals surface area contributed by atoms with Gasteiger partial charge >= 0.3 is 0 Å². The summed E-state index contributed by atoms with van der Waals surface area (Å²) in [6.07, 6.45) is 0. The highest BCUT2D eigenvalue weighted by atomic mass is 35.5. The first-order chi connectivity index (χ1) is 10.8. The first kappa shape index (κ1) is 18.3. The summed E-state index contributed by atoms with van der Waals surface area (Å²) in [6, 6.07) is 11.8. The van der Waals surface area contributed by atoms with Crippen LogP contribution in [-0.4, -0.2) is 26.3 Å². The summed E-state index contributed by atoms with van der Waals surface area (Å²) < 4.78 is 18.5. The molecule has 0 amide bonds. The largest absolute Gasteiger partial charge is 0.378 e. The Hall–Kier alpha value is -1.03. The average molecular weight is 374 g/mol. The fraction of sp³-hybridized carbons (Fsp3) is 0.250. The van der Waals surface area contributed by atoms with Crippen LogP contribution in [0.4, 0.5) is 5.69 Å². The predicted molar refractivity (Wildman–Crippen MR) is 96.4 cm³/mol. The Bertz CT molecular complexity index is 714. The smallest absolute Gasteiger partial charge is 0.264 e. The van der Waals surface area contributed by atoms with E-state index in [0.717, 1.165) is 5.69 Å². The fourth-order valence-corrected chi connectivity index (χ4v) is 4.86. The summed E-state index contributed by atoms with van der Waals surface area (Å²) >= 11 is 12.2. The van der Waals surface area contributed by atoms with Gasteiger partial charge in [0.15, 0.2) is 5.85 Å². The van der Waals surface area contributed by atoms with E-state index in [1.165, 1.54) is 7.11 Å². The van der Waals surface area contributed by atoms with E-state index in [9.17, 15) is 9.67 Å². The maximum Gasteiger partial charge on any atom is 0.264 e. The van der Waals surface area contributed by atoms with Crippen molar-refractivity contribution in [3.05, 3.63) is 58.1 Å². The molecule has 0 aliphatic rings. The van der Waals surface area contributed by atoms with Gasteiger partial charge in [0.1, 0.15) is 0 Å². The lowest BCUT2D eigenvalue weighted by Gasteiger charge is -2.24. The third-order valence-corrected chi connectivity index (χ3v) is 6.70. The fourth-order valence-electron chi connectivity index (χ4n) is 2.23. The van der Waals surface area contributed by atoms with E-state index >= 15 is 0 Å².